The summed E-state index contributed by atoms with van der Waals surface area (Å²) < 4.78 is 12.3. The van der Waals surface area contributed by atoms with Gasteiger partial charge in [-0.05, 0) is 49.1 Å². The number of aliphatic hydroxyl groups is 1. The fraction of sp³-hybridized carbons (Fsp3) is 0.486. The molecule has 0 unspecified atom stereocenters. The highest BCUT2D eigenvalue weighted by Gasteiger charge is 2.45. The summed E-state index contributed by atoms with van der Waals surface area (Å²) in [6.07, 6.45) is 4.87. The van der Waals surface area contributed by atoms with Gasteiger partial charge in [-0.25, -0.2) is 14.6 Å². The van der Waals surface area contributed by atoms with E-state index < -0.39 is 35.5 Å². The fourth-order valence-electron chi connectivity index (χ4n) is 7.17. The molecule has 5 heterocycles. The number of carbonyl (C=O) groups excluding carboxylic acids is 5. The van der Waals surface area contributed by atoms with Gasteiger partial charge in [-0.3, -0.25) is 29.6 Å². The van der Waals surface area contributed by atoms with Crippen LogP contribution in [0, 0.1) is 0 Å². The third-order valence-electron chi connectivity index (χ3n) is 10.0. The summed E-state index contributed by atoms with van der Waals surface area (Å²) in [6, 6.07) is 5.69. The first kappa shape index (κ1) is 36.5. The monoisotopic (exact) mass is 716 g/mol. The largest absolute Gasteiger partial charge is 0.458 e. The van der Waals surface area contributed by atoms with Crippen molar-refractivity contribution in [3.63, 3.8) is 0 Å². The predicted octanol–water partition coefficient (Wildman–Crippen LogP) is 2.84. The molecule has 0 aliphatic carbocycles. The lowest BCUT2D eigenvalue weighted by atomic mass is 9.86. The number of rotatable bonds is 13. The molecule has 3 aliphatic rings. The number of esters is 1. The average Bonchev–Trinajstić information content (AvgIpc) is 3.49. The number of hydrogen-bond donors (Lipinski definition) is 4. The molecule has 0 radical (unpaired) electrons. The van der Waals surface area contributed by atoms with E-state index >= 15 is 0 Å². The zero-order valence-electron chi connectivity index (χ0n) is 29.6. The molecular weight excluding hydrogens is 672 g/mol. The molecule has 0 saturated carbocycles. The van der Waals surface area contributed by atoms with E-state index in [1.807, 2.05) is 6.92 Å². The number of nitrogens with one attached hydrogen (secondary N) is 3. The molecule has 1 aromatic carbocycles. The molecule has 15 heteroatoms. The summed E-state index contributed by atoms with van der Waals surface area (Å²) in [5.74, 6) is -1.71. The lowest BCUT2D eigenvalue weighted by Gasteiger charge is -2.32. The number of unbranched alkanes of at least 4 members (excludes halogenated alkanes) is 4. The van der Waals surface area contributed by atoms with Crippen molar-refractivity contribution < 1.29 is 38.6 Å². The number of aryl methyl sites for hydroxylation is 1. The van der Waals surface area contributed by atoms with E-state index in [4.69, 9.17) is 14.5 Å². The summed E-state index contributed by atoms with van der Waals surface area (Å²) in [5, 5.41) is 18.2. The smallest absolute Gasteiger partial charge is 0.412 e. The molecule has 3 aromatic rings. The normalized spacial score (nSPS) is 19.0. The lowest BCUT2D eigenvalue weighted by Crippen LogP contribution is -2.62. The Bertz CT molecular complexity index is 2010. The molecule has 3 aliphatic heterocycles. The molecule has 2 aromatic heterocycles. The van der Waals surface area contributed by atoms with Crippen molar-refractivity contribution in [2.45, 2.75) is 103 Å². The second-order valence-electron chi connectivity index (χ2n) is 13.4. The van der Waals surface area contributed by atoms with Crippen LogP contribution in [0.5, 0.6) is 5.75 Å². The van der Waals surface area contributed by atoms with Crippen LogP contribution in [0.25, 0.3) is 22.3 Å². The number of aromatic nitrogens is 2. The quantitative estimate of drug-likeness (QED) is 0.118. The Balaban J connectivity index is 1.11. The van der Waals surface area contributed by atoms with Gasteiger partial charge in [-0.15, -0.1) is 0 Å². The fourth-order valence-corrected chi connectivity index (χ4v) is 7.17. The Morgan fingerprint density at radius 2 is 1.87 bits per heavy atom. The van der Waals surface area contributed by atoms with E-state index in [-0.39, 0.29) is 73.8 Å². The number of amides is 4. The molecule has 1 fully saturated rings. The highest BCUT2D eigenvalue weighted by atomic mass is 16.6. The van der Waals surface area contributed by atoms with Gasteiger partial charge in [0.2, 0.25) is 11.8 Å². The predicted molar refractivity (Wildman–Crippen MR) is 188 cm³/mol. The van der Waals surface area contributed by atoms with Crippen LogP contribution in [0.2, 0.25) is 0 Å². The number of hydrazine groups is 1. The topological polar surface area (TPSA) is 198 Å². The minimum atomic E-state index is -1.92. The van der Waals surface area contributed by atoms with Gasteiger partial charge in [0, 0.05) is 29.5 Å². The lowest BCUT2D eigenvalue weighted by molar-refractivity contribution is -0.172. The van der Waals surface area contributed by atoms with Crippen molar-refractivity contribution in [1.82, 2.24) is 30.6 Å². The molecule has 276 valence electrons. The molecule has 6 rings (SSSR count). The van der Waals surface area contributed by atoms with E-state index in [0.717, 1.165) is 47.2 Å². The number of nitrogens with zero attached hydrogens (tertiary/aromatic N) is 3. The number of hydrogen-bond acceptors (Lipinski definition) is 10. The third-order valence-corrected chi connectivity index (χ3v) is 10.0. The number of fused-ring (bicyclic) bond motifs is 5. The van der Waals surface area contributed by atoms with E-state index in [0.29, 0.717) is 29.7 Å². The summed E-state index contributed by atoms with van der Waals surface area (Å²) in [6.45, 7) is 5.68. The maximum Gasteiger partial charge on any atom is 0.412 e. The minimum Gasteiger partial charge on any atom is -0.458 e. The van der Waals surface area contributed by atoms with Gasteiger partial charge in [-0.2, -0.15) is 0 Å². The van der Waals surface area contributed by atoms with Gasteiger partial charge in [0.25, 0.3) is 11.5 Å². The zero-order valence-corrected chi connectivity index (χ0v) is 29.6. The second kappa shape index (κ2) is 15.1. The van der Waals surface area contributed by atoms with Crippen molar-refractivity contribution >= 4 is 40.7 Å². The third kappa shape index (κ3) is 6.96. The van der Waals surface area contributed by atoms with Crippen molar-refractivity contribution in [2.24, 2.45) is 0 Å². The summed E-state index contributed by atoms with van der Waals surface area (Å²) in [4.78, 5) is 81.4. The molecule has 1 saturated heterocycles. The molecule has 4 N–H and O–H groups in total. The van der Waals surface area contributed by atoms with Gasteiger partial charge < -0.3 is 29.8 Å². The van der Waals surface area contributed by atoms with E-state index in [1.54, 1.807) is 35.8 Å². The van der Waals surface area contributed by atoms with E-state index in [2.05, 4.69) is 23.0 Å². The number of benzene rings is 1. The van der Waals surface area contributed by atoms with Gasteiger partial charge in [0.05, 0.1) is 42.0 Å². The van der Waals surface area contributed by atoms with E-state index in [1.165, 1.54) is 0 Å². The van der Waals surface area contributed by atoms with Gasteiger partial charge in [0.1, 0.15) is 18.4 Å². The SMILES string of the molecule is CCCCCCCC(=O)N[C@@H]1CC(=O)NN(CCNC(=O)Oc2ccc3nc4c(c(CC)c3c2)Cn2c-4cc3c(c2=O)COC(=O)[C@]3(O)CC)C1=O. The van der Waals surface area contributed by atoms with Crippen molar-refractivity contribution in [3.05, 3.63) is 56.9 Å². The summed E-state index contributed by atoms with van der Waals surface area (Å²) in [7, 11) is 0. The van der Waals surface area contributed by atoms with Crippen LogP contribution < -0.4 is 26.4 Å². The molecule has 0 spiro atoms. The van der Waals surface area contributed by atoms with Crippen LogP contribution in [0.15, 0.2) is 29.1 Å². The van der Waals surface area contributed by atoms with Crippen molar-refractivity contribution in [2.75, 3.05) is 13.1 Å². The zero-order chi connectivity index (χ0) is 37.2. The Hall–Kier alpha value is -5.31. The second-order valence-corrected chi connectivity index (χ2v) is 13.4. The Labute approximate surface area is 300 Å². The first-order chi connectivity index (χ1) is 25.0. The number of pyridine rings is 2. The van der Waals surface area contributed by atoms with Crippen molar-refractivity contribution in [3.8, 4) is 17.1 Å². The minimum absolute atomic E-state index is 0.0351. The molecule has 0 bridgehead atoms. The van der Waals surface area contributed by atoms with Crippen LogP contribution in [0.1, 0.15) is 94.4 Å². The number of carbonyl (C=O) groups is 5. The van der Waals surface area contributed by atoms with Crippen LogP contribution in [-0.4, -0.2) is 68.6 Å². The molecule has 52 heavy (non-hydrogen) atoms. The van der Waals surface area contributed by atoms with Gasteiger partial charge >= 0.3 is 12.1 Å². The van der Waals surface area contributed by atoms with Crippen LogP contribution in [0.3, 0.4) is 0 Å². The van der Waals surface area contributed by atoms with Crippen LogP contribution in [-0.2, 0) is 49.1 Å². The summed E-state index contributed by atoms with van der Waals surface area (Å²) in [5.41, 5.74) is 4.11. The molecular formula is C37H44N6O9. The molecule has 15 nitrogen and oxygen atoms in total. The number of cyclic esters (lactones) is 1. The maximum atomic E-state index is 13.6. The first-order valence-corrected chi connectivity index (χ1v) is 18.0. The Kier molecular flexibility index (Phi) is 10.6. The van der Waals surface area contributed by atoms with E-state index in [9.17, 15) is 33.9 Å². The maximum absolute atomic E-state index is 13.6. The standard InChI is InChI=1S/C37H44N6O9/c1-4-7-8-9-10-11-30(44)39-28-18-31(45)41-43(34(28)47)15-14-38-36(49)52-21-12-13-27-23(16-21)22(5-2)24-19-42-29(32(24)40-27)17-26-25(33(42)46)20-51-35(48)37(26,50)6-3/h12-13,16-17,28,50H,4-11,14-15,18-20H2,1-3H3,(H,38,49)(H,39,44)(H,41,45)/t28-,37+/m1/s1. The first-order valence-electron chi connectivity index (χ1n) is 18.0. The molecule has 4 amide bonds. The summed E-state index contributed by atoms with van der Waals surface area (Å²) >= 11 is 0. The van der Waals surface area contributed by atoms with Crippen LogP contribution >= 0.6 is 0 Å². The highest BCUT2D eigenvalue weighted by Crippen LogP contribution is 2.40. The Morgan fingerprint density at radius 3 is 2.62 bits per heavy atom. The van der Waals surface area contributed by atoms with Gasteiger partial charge in [-0.1, -0.05) is 46.5 Å². The molecule has 2 atom stereocenters. The van der Waals surface area contributed by atoms with Gasteiger partial charge in [0.15, 0.2) is 5.60 Å². The number of ether oxygens (including phenoxy) is 2. The Morgan fingerprint density at radius 1 is 1.08 bits per heavy atom. The van der Waals surface area contributed by atoms with Crippen molar-refractivity contribution in [1.29, 1.82) is 0 Å². The average molecular weight is 717 g/mol. The highest BCUT2D eigenvalue weighted by molar-refractivity contribution is 5.96. The van der Waals surface area contributed by atoms with Crippen LogP contribution in [0.4, 0.5) is 4.79 Å².